The van der Waals surface area contributed by atoms with Crippen LogP contribution in [-0.2, 0) is 14.3 Å². The fraction of sp³-hybridized carbons (Fsp3) is 0.895. The van der Waals surface area contributed by atoms with E-state index >= 15 is 0 Å². The van der Waals surface area contributed by atoms with Crippen LogP contribution in [0.15, 0.2) is 24.3 Å². The van der Waals surface area contributed by atoms with Crippen molar-refractivity contribution in [1.29, 1.82) is 0 Å². The summed E-state index contributed by atoms with van der Waals surface area (Å²) in [6.07, 6.45) is 63.0. The van der Waals surface area contributed by atoms with Crippen molar-refractivity contribution < 1.29 is 24.5 Å². The summed E-state index contributed by atoms with van der Waals surface area (Å²) in [5, 5.41) is 23.2. The monoisotopic (exact) mass is 888 g/mol. The lowest BCUT2D eigenvalue weighted by atomic mass is 10.0. The Morgan fingerprint density at radius 3 is 1.13 bits per heavy atom. The molecule has 0 aliphatic carbocycles. The van der Waals surface area contributed by atoms with Gasteiger partial charge in [0.05, 0.1) is 25.4 Å². The van der Waals surface area contributed by atoms with E-state index in [0.29, 0.717) is 25.9 Å². The van der Waals surface area contributed by atoms with Crippen LogP contribution in [0.2, 0.25) is 0 Å². The number of carbonyl (C=O) groups excluding carboxylic acids is 2. The number of esters is 1. The number of amides is 1. The van der Waals surface area contributed by atoms with Crippen molar-refractivity contribution in [1.82, 2.24) is 5.32 Å². The zero-order chi connectivity index (χ0) is 45.8. The van der Waals surface area contributed by atoms with Gasteiger partial charge in [-0.1, -0.05) is 237 Å². The highest BCUT2D eigenvalue weighted by molar-refractivity contribution is 5.76. The molecule has 0 aliphatic rings. The summed E-state index contributed by atoms with van der Waals surface area (Å²) in [6, 6.07) is -0.549. The molecule has 0 bridgehead atoms. The minimum Gasteiger partial charge on any atom is -0.466 e. The summed E-state index contributed by atoms with van der Waals surface area (Å²) >= 11 is 0. The molecule has 6 nitrogen and oxygen atoms in total. The van der Waals surface area contributed by atoms with Gasteiger partial charge < -0.3 is 20.3 Å². The van der Waals surface area contributed by atoms with Crippen LogP contribution >= 0.6 is 0 Å². The van der Waals surface area contributed by atoms with Gasteiger partial charge in [0.1, 0.15) is 0 Å². The predicted octanol–water partition coefficient (Wildman–Crippen LogP) is 17.1. The van der Waals surface area contributed by atoms with E-state index in [-0.39, 0.29) is 18.5 Å². The number of nitrogens with one attached hydrogen (secondary N) is 1. The van der Waals surface area contributed by atoms with E-state index in [4.69, 9.17) is 4.74 Å². The van der Waals surface area contributed by atoms with E-state index in [1.54, 1.807) is 0 Å². The van der Waals surface area contributed by atoms with Crippen LogP contribution in [0.3, 0.4) is 0 Å². The molecular weight excluding hydrogens is 779 g/mol. The van der Waals surface area contributed by atoms with Gasteiger partial charge in [0.2, 0.25) is 5.91 Å². The molecule has 0 saturated carbocycles. The maximum atomic E-state index is 12.4. The molecule has 0 aliphatic heterocycles. The second-order valence-electron chi connectivity index (χ2n) is 19.3. The summed E-state index contributed by atoms with van der Waals surface area (Å²) in [6.45, 7) is 4.93. The van der Waals surface area contributed by atoms with Gasteiger partial charge in [-0.2, -0.15) is 0 Å². The number of aliphatic hydroxyl groups is 2. The molecule has 6 heteroatoms. The molecule has 0 aromatic rings. The Hall–Kier alpha value is -1.66. The molecule has 0 aromatic heterocycles. The van der Waals surface area contributed by atoms with Crippen LogP contribution in [0.5, 0.6) is 0 Å². The second kappa shape index (κ2) is 53.0. The molecule has 63 heavy (non-hydrogen) atoms. The Morgan fingerprint density at radius 2 is 0.746 bits per heavy atom. The van der Waals surface area contributed by atoms with Crippen LogP contribution in [0.25, 0.3) is 0 Å². The van der Waals surface area contributed by atoms with Gasteiger partial charge in [-0.05, 0) is 77.0 Å². The third-order valence-electron chi connectivity index (χ3n) is 13.0. The minimum absolute atomic E-state index is 0.00514. The van der Waals surface area contributed by atoms with Crippen molar-refractivity contribution in [3.63, 3.8) is 0 Å². The first-order valence-corrected chi connectivity index (χ1v) is 28.1. The molecule has 0 spiro atoms. The molecule has 2 unspecified atom stereocenters. The third kappa shape index (κ3) is 49.6. The van der Waals surface area contributed by atoms with Crippen molar-refractivity contribution in [3.8, 4) is 0 Å². The van der Waals surface area contributed by atoms with Crippen LogP contribution in [0.4, 0.5) is 0 Å². The van der Waals surface area contributed by atoms with Gasteiger partial charge in [-0.3, -0.25) is 9.59 Å². The average Bonchev–Trinajstić information content (AvgIpc) is 3.28. The van der Waals surface area contributed by atoms with Crippen molar-refractivity contribution in [2.24, 2.45) is 0 Å². The zero-order valence-electron chi connectivity index (χ0n) is 42.3. The summed E-state index contributed by atoms with van der Waals surface area (Å²) in [4.78, 5) is 24.5. The first-order chi connectivity index (χ1) is 31.0. The molecule has 1 amide bonds. The van der Waals surface area contributed by atoms with Gasteiger partial charge in [0.25, 0.3) is 0 Å². The fourth-order valence-corrected chi connectivity index (χ4v) is 8.63. The lowest BCUT2D eigenvalue weighted by Crippen LogP contribution is -2.45. The van der Waals surface area contributed by atoms with Gasteiger partial charge in [-0.25, -0.2) is 0 Å². The maximum Gasteiger partial charge on any atom is 0.305 e. The van der Waals surface area contributed by atoms with Gasteiger partial charge in [0.15, 0.2) is 0 Å². The van der Waals surface area contributed by atoms with Crippen LogP contribution in [-0.4, -0.2) is 47.4 Å². The largest absolute Gasteiger partial charge is 0.466 e. The lowest BCUT2D eigenvalue weighted by molar-refractivity contribution is -0.143. The summed E-state index contributed by atoms with van der Waals surface area (Å²) in [7, 11) is 0. The predicted molar refractivity (Wildman–Crippen MR) is 273 cm³/mol. The zero-order valence-corrected chi connectivity index (χ0v) is 42.3. The standard InChI is InChI=1S/C57H109NO5/c1-3-5-7-9-11-13-15-17-18-20-24-27-31-35-39-43-47-51-57(62)63-52-48-44-40-36-32-28-25-22-19-21-23-26-30-34-38-42-46-50-56(61)58-54(53-59)55(60)49-45-41-37-33-29-16-14-12-10-8-6-4-2/h17-19,22,54-55,59-60H,3-16,20-21,23-53H2,1-2H3,(H,58,61)/b18-17-,22-19-. The number of ether oxygens (including phenoxy) is 1. The van der Waals surface area contributed by atoms with Crippen LogP contribution in [0.1, 0.15) is 303 Å². The highest BCUT2D eigenvalue weighted by Gasteiger charge is 2.20. The number of allylic oxidation sites excluding steroid dienone is 4. The van der Waals surface area contributed by atoms with E-state index < -0.39 is 12.1 Å². The third-order valence-corrected chi connectivity index (χ3v) is 13.0. The van der Waals surface area contributed by atoms with Crippen molar-refractivity contribution >= 4 is 11.9 Å². The number of rotatable bonds is 52. The van der Waals surface area contributed by atoms with Crippen LogP contribution in [0, 0.1) is 0 Å². The van der Waals surface area contributed by atoms with Gasteiger partial charge in [0, 0.05) is 12.8 Å². The number of hydrogen-bond donors (Lipinski definition) is 3. The molecular formula is C57H109NO5. The topological polar surface area (TPSA) is 95.9 Å². The normalized spacial score (nSPS) is 12.8. The molecule has 0 rings (SSSR count). The molecule has 0 heterocycles. The van der Waals surface area contributed by atoms with Gasteiger partial charge in [-0.15, -0.1) is 0 Å². The quantitative estimate of drug-likeness (QED) is 0.0321. The number of aliphatic hydroxyl groups excluding tert-OH is 2. The molecule has 372 valence electrons. The van der Waals surface area contributed by atoms with Crippen LogP contribution < -0.4 is 5.32 Å². The van der Waals surface area contributed by atoms with E-state index in [2.05, 4.69) is 43.5 Å². The Labute approximate surface area is 392 Å². The highest BCUT2D eigenvalue weighted by Crippen LogP contribution is 2.16. The van der Waals surface area contributed by atoms with Crippen molar-refractivity contribution in [3.05, 3.63) is 24.3 Å². The highest BCUT2D eigenvalue weighted by atomic mass is 16.5. The van der Waals surface area contributed by atoms with Crippen molar-refractivity contribution in [2.45, 2.75) is 315 Å². The summed E-state index contributed by atoms with van der Waals surface area (Å²) in [5.41, 5.74) is 0. The Morgan fingerprint density at radius 1 is 0.429 bits per heavy atom. The molecule has 0 saturated heterocycles. The number of unbranched alkanes of at least 4 members (excludes halogenated alkanes) is 37. The maximum absolute atomic E-state index is 12.4. The van der Waals surface area contributed by atoms with Gasteiger partial charge >= 0.3 is 5.97 Å². The summed E-state index contributed by atoms with van der Waals surface area (Å²) in [5.74, 6) is -0.0525. The Kier molecular flexibility index (Phi) is 51.6. The SMILES string of the molecule is CCCCCCCC/C=C\CCCCCCCCCC(=O)OCCCCCCCC/C=C\CCCCCCCCCC(=O)NC(CO)C(O)CCCCCCCCCCCCCC. The lowest BCUT2D eigenvalue weighted by Gasteiger charge is -2.22. The molecule has 2 atom stereocenters. The van der Waals surface area contributed by atoms with E-state index in [1.807, 2.05) is 0 Å². The Bertz CT molecular complexity index is 982. The Balaban J connectivity index is 3.44. The minimum atomic E-state index is -0.671. The van der Waals surface area contributed by atoms with E-state index in [1.165, 1.54) is 212 Å². The second-order valence-corrected chi connectivity index (χ2v) is 19.3. The van der Waals surface area contributed by atoms with Crippen molar-refractivity contribution in [2.75, 3.05) is 13.2 Å². The summed E-state index contributed by atoms with van der Waals surface area (Å²) < 4.78 is 5.47. The smallest absolute Gasteiger partial charge is 0.305 e. The fourth-order valence-electron chi connectivity index (χ4n) is 8.63. The molecule has 0 aromatic carbocycles. The first-order valence-electron chi connectivity index (χ1n) is 28.1. The van der Waals surface area contributed by atoms with E-state index in [9.17, 15) is 19.8 Å². The number of hydrogen-bond acceptors (Lipinski definition) is 5. The molecule has 0 fully saturated rings. The molecule has 3 N–H and O–H groups in total. The number of carbonyl (C=O) groups is 2. The first kappa shape index (κ1) is 61.3. The average molecular weight is 889 g/mol. The molecule has 0 radical (unpaired) electrons. The van der Waals surface area contributed by atoms with E-state index in [0.717, 1.165) is 57.8 Å².